The first-order valence-corrected chi connectivity index (χ1v) is 8.37. The topological polar surface area (TPSA) is 67.9 Å². The molecule has 1 rings (SSSR count). The van der Waals surface area contributed by atoms with E-state index in [0.29, 0.717) is 12.5 Å². The summed E-state index contributed by atoms with van der Waals surface area (Å²) < 4.78 is 10.8. The average molecular weight is 328 g/mol. The van der Waals surface area contributed by atoms with E-state index in [1.807, 2.05) is 41.5 Å². The zero-order valence-electron chi connectivity index (χ0n) is 15.4. The van der Waals surface area contributed by atoms with E-state index in [4.69, 9.17) is 9.47 Å². The van der Waals surface area contributed by atoms with Gasteiger partial charge in [-0.15, -0.1) is 0 Å². The smallest absolute Gasteiger partial charge is 0.410 e. The molecule has 0 aromatic heterocycles. The monoisotopic (exact) mass is 328 g/mol. The van der Waals surface area contributed by atoms with E-state index in [2.05, 4.69) is 5.32 Å². The van der Waals surface area contributed by atoms with Crippen LogP contribution in [0.4, 0.5) is 4.79 Å². The van der Waals surface area contributed by atoms with Crippen LogP contribution >= 0.6 is 0 Å². The van der Waals surface area contributed by atoms with Gasteiger partial charge in [-0.05, 0) is 73.4 Å². The second-order valence-electron chi connectivity index (χ2n) is 8.16. The molecule has 1 N–H and O–H groups in total. The molecule has 1 atom stereocenters. The maximum absolute atomic E-state index is 12.4. The lowest BCUT2D eigenvalue weighted by Crippen LogP contribution is -2.46. The Morgan fingerprint density at radius 2 is 1.70 bits per heavy atom. The SMILES string of the molecule is CC(C)(C)OC(=O)CN(C[C@@H]1CCCNC1)C(=O)OC(C)(C)C. The first-order chi connectivity index (χ1) is 10.5. The number of ether oxygens (including phenoxy) is 2. The van der Waals surface area contributed by atoms with Crippen LogP contribution in [-0.4, -0.2) is 54.3 Å². The highest BCUT2D eigenvalue weighted by Gasteiger charge is 2.28. The van der Waals surface area contributed by atoms with Crippen molar-refractivity contribution in [2.24, 2.45) is 5.92 Å². The Bertz CT molecular complexity index is 404. The molecule has 1 fully saturated rings. The zero-order valence-corrected chi connectivity index (χ0v) is 15.4. The Hall–Kier alpha value is -1.30. The summed E-state index contributed by atoms with van der Waals surface area (Å²) in [6.45, 7) is 13.2. The minimum absolute atomic E-state index is 0.0807. The van der Waals surface area contributed by atoms with Crippen LogP contribution in [0.3, 0.4) is 0 Å². The summed E-state index contributed by atoms with van der Waals surface area (Å²) in [5.74, 6) is -0.0779. The van der Waals surface area contributed by atoms with Crippen LogP contribution in [0.1, 0.15) is 54.4 Å². The molecule has 0 aromatic carbocycles. The molecule has 23 heavy (non-hydrogen) atoms. The first kappa shape index (κ1) is 19.7. The molecule has 1 aliphatic rings. The molecule has 0 radical (unpaired) electrons. The van der Waals surface area contributed by atoms with Crippen molar-refractivity contribution in [2.75, 3.05) is 26.2 Å². The summed E-state index contributed by atoms with van der Waals surface area (Å²) in [4.78, 5) is 26.0. The summed E-state index contributed by atoms with van der Waals surface area (Å²) in [5, 5.41) is 3.32. The van der Waals surface area contributed by atoms with Gasteiger partial charge < -0.3 is 14.8 Å². The number of nitrogens with zero attached hydrogens (tertiary/aromatic N) is 1. The van der Waals surface area contributed by atoms with Gasteiger partial charge in [0.1, 0.15) is 17.7 Å². The number of carbonyl (C=O) groups excluding carboxylic acids is 2. The van der Waals surface area contributed by atoms with E-state index in [1.54, 1.807) is 0 Å². The van der Waals surface area contributed by atoms with Crippen molar-refractivity contribution < 1.29 is 19.1 Å². The number of hydrogen-bond donors (Lipinski definition) is 1. The number of esters is 1. The van der Waals surface area contributed by atoms with Crippen LogP contribution in [0.15, 0.2) is 0 Å². The molecule has 0 aliphatic carbocycles. The van der Waals surface area contributed by atoms with Crippen LogP contribution in [0.2, 0.25) is 0 Å². The minimum Gasteiger partial charge on any atom is -0.459 e. The zero-order chi connectivity index (χ0) is 17.7. The summed E-state index contributed by atoms with van der Waals surface area (Å²) in [5.41, 5.74) is -1.16. The third-order valence-corrected chi connectivity index (χ3v) is 3.27. The van der Waals surface area contributed by atoms with Gasteiger partial charge in [0.25, 0.3) is 0 Å². The summed E-state index contributed by atoms with van der Waals surface area (Å²) in [6.07, 6.45) is 1.66. The number of hydrogen-bond acceptors (Lipinski definition) is 5. The number of piperidine rings is 1. The van der Waals surface area contributed by atoms with Crippen molar-refractivity contribution in [2.45, 2.75) is 65.6 Å². The molecule has 0 saturated carbocycles. The van der Waals surface area contributed by atoms with E-state index in [9.17, 15) is 9.59 Å². The molecule has 1 saturated heterocycles. The molecule has 1 amide bonds. The van der Waals surface area contributed by atoms with E-state index in [0.717, 1.165) is 25.9 Å². The van der Waals surface area contributed by atoms with Gasteiger partial charge in [0.2, 0.25) is 0 Å². The summed E-state index contributed by atoms with van der Waals surface area (Å²) in [7, 11) is 0. The van der Waals surface area contributed by atoms with E-state index >= 15 is 0 Å². The Morgan fingerprint density at radius 1 is 1.09 bits per heavy atom. The van der Waals surface area contributed by atoms with Crippen molar-refractivity contribution in [3.63, 3.8) is 0 Å². The lowest BCUT2D eigenvalue weighted by atomic mass is 9.99. The third kappa shape index (κ3) is 8.79. The van der Waals surface area contributed by atoms with Crippen molar-refractivity contribution in [1.82, 2.24) is 10.2 Å². The van der Waals surface area contributed by atoms with Crippen LogP contribution in [-0.2, 0) is 14.3 Å². The number of carbonyl (C=O) groups is 2. The van der Waals surface area contributed by atoms with Crippen LogP contribution in [0.5, 0.6) is 0 Å². The van der Waals surface area contributed by atoms with Crippen molar-refractivity contribution in [3.8, 4) is 0 Å². The van der Waals surface area contributed by atoms with Crippen LogP contribution in [0.25, 0.3) is 0 Å². The number of rotatable bonds is 4. The van der Waals surface area contributed by atoms with Crippen molar-refractivity contribution in [3.05, 3.63) is 0 Å². The average Bonchev–Trinajstić information content (AvgIpc) is 2.34. The normalized spacial score (nSPS) is 19.1. The maximum Gasteiger partial charge on any atom is 0.410 e. The van der Waals surface area contributed by atoms with Crippen molar-refractivity contribution in [1.29, 1.82) is 0 Å². The van der Waals surface area contributed by atoms with Gasteiger partial charge in [-0.2, -0.15) is 0 Å². The summed E-state index contributed by atoms with van der Waals surface area (Å²) in [6, 6.07) is 0. The quantitative estimate of drug-likeness (QED) is 0.803. The molecule has 0 spiro atoms. The number of amides is 1. The van der Waals surface area contributed by atoms with Gasteiger partial charge in [-0.1, -0.05) is 0 Å². The van der Waals surface area contributed by atoms with E-state index in [1.165, 1.54) is 4.90 Å². The predicted molar refractivity (Wildman–Crippen MR) is 89.2 cm³/mol. The second-order valence-corrected chi connectivity index (χ2v) is 8.16. The largest absolute Gasteiger partial charge is 0.459 e. The fourth-order valence-electron chi connectivity index (χ4n) is 2.45. The second kappa shape index (κ2) is 7.99. The van der Waals surface area contributed by atoms with Gasteiger partial charge in [-0.3, -0.25) is 9.69 Å². The predicted octanol–water partition coefficient (Wildman–Crippen LogP) is 2.56. The van der Waals surface area contributed by atoms with Gasteiger partial charge >= 0.3 is 12.1 Å². The van der Waals surface area contributed by atoms with Gasteiger partial charge in [0.15, 0.2) is 0 Å². The highest BCUT2D eigenvalue weighted by Crippen LogP contribution is 2.16. The molecule has 0 aromatic rings. The molecule has 1 heterocycles. The lowest BCUT2D eigenvalue weighted by Gasteiger charge is -2.32. The molecular weight excluding hydrogens is 296 g/mol. The Kier molecular flexibility index (Phi) is 6.86. The summed E-state index contributed by atoms with van der Waals surface area (Å²) >= 11 is 0. The maximum atomic E-state index is 12.4. The van der Waals surface area contributed by atoms with Gasteiger partial charge in [0.05, 0.1) is 0 Å². The molecule has 6 heteroatoms. The number of nitrogens with one attached hydrogen (secondary N) is 1. The fraction of sp³-hybridized carbons (Fsp3) is 0.882. The molecule has 0 bridgehead atoms. The minimum atomic E-state index is -0.589. The molecule has 0 unspecified atom stereocenters. The first-order valence-electron chi connectivity index (χ1n) is 8.37. The highest BCUT2D eigenvalue weighted by molar-refractivity contribution is 5.78. The fourth-order valence-corrected chi connectivity index (χ4v) is 2.45. The Morgan fingerprint density at radius 3 is 2.17 bits per heavy atom. The molecule has 1 aliphatic heterocycles. The van der Waals surface area contributed by atoms with Gasteiger partial charge in [-0.25, -0.2) is 4.79 Å². The third-order valence-electron chi connectivity index (χ3n) is 3.27. The van der Waals surface area contributed by atoms with Crippen LogP contribution in [0, 0.1) is 5.92 Å². The Balaban J connectivity index is 2.70. The molecule has 134 valence electrons. The highest BCUT2D eigenvalue weighted by atomic mass is 16.6. The van der Waals surface area contributed by atoms with Gasteiger partial charge in [0, 0.05) is 6.54 Å². The van der Waals surface area contributed by atoms with Crippen molar-refractivity contribution >= 4 is 12.1 Å². The van der Waals surface area contributed by atoms with Crippen LogP contribution < -0.4 is 5.32 Å². The van der Waals surface area contributed by atoms with E-state index < -0.39 is 23.3 Å². The molecule has 6 nitrogen and oxygen atoms in total. The Labute approximate surface area is 139 Å². The lowest BCUT2D eigenvalue weighted by molar-refractivity contribution is -0.156. The molecular formula is C17H32N2O4. The standard InChI is InChI=1S/C17H32N2O4/c1-16(2,3)22-14(20)12-19(15(21)23-17(4,5)6)11-13-8-7-9-18-10-13/h13,18H,7-12H2,1-6H3/t13-/m1/s1. The van der Waals surface area contributed by atoms with E-state index in [-0.39, 0.29) is 6.54 Å².